The number of nitrogens with zero attached hydrogens (tertiary/aromatic N) is 2. The van der Waals surface area contributed by atoms with Crippen LogP contribution in [-0.4, -0.2) is 42.4 Å². The molecule has 0 aliphatic rings. The fraction of sp³-hybridized carbons (Fsp3) is 0.500. The van der Waals surface area contributed by atoms with Crippen LogP contribution in [0, 0.1) is 0 Å². The number of ether oxygens (including phenoxy) is 1. The van der Waals surface area contributed by atoms with Gasteiger partial charge >= 0.3 is 5.97 Å². The number of anilines is 1. The molecule has 0 unspecified atom stereocenters. The quantitative estimate of drug-likeness (QED) is 0.816. The number of carboxylic acids is 1. The molecule has 0 saturated carbocycles. The highest BCUT2D eigenvalue weighted by molar-refractivity contribution is 5.87. The average molecular weight is 238 g/mol. The summed E-state index contributed by atoms with van der Waals surface area (Å²) in [6.07, 6.45) is 1.37. The normalized spacial score (nSPS) is 10.6. The summed E-state index contributed by atoms with van der Waals surface area (Å²) in [6, 6.07) is 3.57. The molecular weight excluding hydrogens is 220 g/mol. The van der Waals surface area contributed by atoms with Crippen LogP contribution in [0.15, 0.2) is 18.3 Å². The zero-order chi connectivity index (χ0) is 12.8. The summed E-state index contributed by atoms with van der Waals surface area (Å²) in [6.45, 7) is 5.46. The van der Waals surface area contributed by atoms with Gasteiger partial charge in [-0.3, -0.25) is 0 Å². The van der Waals surface area contributed by atoms with Crippen LogP contribution in [0.4, 0.5) is 5.82 Å². The smallest absolute Gasteiger partial charge is 0.337 e. The van der Waals surface area contributed by atoms with Crippen molar-refractivity contribution in [1.82, 2.24) is 4.98 Å². The third-order valence-electron chi connectivity index (χ3n) is 2.45. The number of pyridine rings is 1. The molecule has 17 heavy (non-hydrogen) atoms. The lowest BCUT2D eigenvalue weighted by molar-refractivity contribution is 0.0696. The number of carbonyl (C=O) groups is 1. The van der Waals surface area contributed by atoms with Crippen LogP contribution < -0.4 is 4.90 Å². The third kappa shape index (κ3) is 3.71. The van der Waals surface area contributed by atoms with E-state index in [1.54, 1.807) is 19.2 Å². The molecule has 0 amide bonds. The van der Waals surface area contributed by atoms with Gasteiger partial charge in [-0.15, -0.1) is 0 Å². The van der Waals surface area contributed by atoms with Gasteiger partial charge in [-0.25, -0.2) is 9.78 Å². The van der Waals surface area contributed by atoms with Gasteiger partial charge in [-0.05, 0) is 26.0 Å². The number of hydrogen-bond donors (Lipinski definition) is 1. The molecule has 0 bridgehead atoms. The van der Waals surface area contributed by atoms with Gasteiger partial charge in [-0.1, -0.05) is 0 Å². The van der Waals surface area contributed by atoms with Gasteiger partial charge in [0.05, 0.1) is 12.2 Å². The van der Waals surface area contributed by atoms with Crippen molar-refractivity contribution in [3.63, 3.8) is 0 Å². The first-order valence-electron chi connectivity index (χ1n) is 5.51. The Morgan fingerprint density at radius 3 is 2.65 bits per heavy atom. The summed E-state index contributed by atoms with van der Waals surface area (Å²) in [4.78, 5) is 16.9. The maximum Gasteiger partial charge on any atom is 0.337 e. The standard InChI is InChI=1S/C12H18N2O3/c1-9(2)14(6-7-17-3)11-5-4-10(8-13-11)12(15)16/h4-5,8-9H,6-7H2,1-3H3,(H,15,16). The molecule has 0 aliphatic carbocycles. The Balaban J connectivity index is 2.83. The molecule has 1 aromatic rings. The molecule has 5 nitrogen and oxygen atoms in total. The predicted molar refractivity (Wildman–Crippen MR) is 65.6 cm³/mol. The summed E-state index contributed by atoms with van der Waals surface area (Å²) in [5.41, 5.74) is 0.198. The Labute approximate surface area is 101 Å². The molecule has 0 fully saturated rings. The van der Waals surface area contributed by atoms with Crippen LogP contribution in [0.5, 0.6) is 0 Å². The van der Waals surface area contributed by atoms with Crippen molar-refractivity contribution in [2.24, 2.45) is 0 Å². The van der Waals surface area contributed by atoms with Crippen LogP contribution in [0.3, 0.4) is 0 Å². The summed E-state index contributed by atoms with van der Waals surface area (Å²) in [7, 11) is 1.65. The van der Waals surface area contributed by atoms with Crippen molar-refractivity contribution >= 4 is 11.8 Å². The Hall–Kier alpha value is -1.62. The van der Waals surface area contributed by atoms with E-state index in [1.165, 1.54) is 6.20 Å². The fourth-order valence-electron chi connectivity index (χ4n) is 1.51. The number of aromatic nitrogens is 1. The van der Waals surface area contributed by atoms with Crippen LogP contribution >= 0.6 is 0 Å². The Kier molecular flexibility index (Phi) is 4.90. The second kappa shape index (κ2) is 6.20. The first-order valence-corrected chi connectivity index (χ1v) is 5.51. The van der Waals surface area contributed by atoms with E-state index in [2.05, 4.69) is 23.7 Å². The van der Waals surface area contributed by atoms with Crippen molar-refractivity contribution < 1.29 is 14.6 Å². The molecule has 0 atom stereocenters. The van der Waals surface area contributed by atoms with Crippen LogP contribution in [0.1, 0.15) is 24.2 Å². The average Bonchev–Trinajstić information content (AvgIpc) is 2.29. The van der Waals surface area contributed by atoms with Gasteiger partial charge in [0, 0.05) is 25.9 Å². The van der Waals surface area contributed by atoms with Crippen molar-refractivity contribution in [3.8, 4) is 0 Å². The topological polar surface area (TPSA) is 62.7 Å². The minimum atomic E-state index is -0.961. The number of aromatic carboxylic acids is 1. The van der Waals surface area contributed by atoms with Gasteiger partial charge in [0.15, 0.2) is 0 Å². The first kappa shape index (κ1) is 13.4. The highest BCUT2D eigenvalue weighted by atomic mass is 16.5. The molecule has 1 N–H and O–H groups in total. The maximum atomic E-state index is 10.7. The minimum Gasteiger partial charge on any atom is -0.478 e. The molecule has 0 spiro atoms. The number of rotatable bonds is 6. The van der Waals surface area contributed by atoms with Crippen LogP contribution in [0.2, 0.25) is 0 Å². The molecule has 1 aromatic heterocycles. The monoisotopic (exact) mass is 238 g/mol. The van der Waals surface area contributed by atoms with Crippen LogP contribution in [-0.2, 0) is 4.74 Å². The molecule has 0 aliphatic heterocycles. The number of carboxylic acid groups (broad SMARTS) is 1. The predicted octanol–water partition coefficient (Wildman–Crippen LogP) is 1.64. The third-order valence-corrected chi connectivity index (χ3v) is 2.45. The van der Waals surface area contributed by atoms with Gasteiger partial charge in [0.2, 0.25) is 0 Å². The summed E-state index contributed by atoms with van der Waals surface area (Å²) >= 11 is 0. The van der Waals surface area contributed by atoms with Gasteiger partial charge in [-0.2, -0.15) is 0 Å². The zero-order valence-electron chi connectivity index (χ0n) is 10.4. The van der Waals surface area contributed by atoms with Crippen molar-refractivity contribution in [2.45, 2.75) is 19.9 Å². The zero-order valence-corrected chi connectivity index (χ0v) is 10.4. The van der Waals surface area contributed by atoms with E-state index in [4.69, 9.17) is 9.84 Å². The molecule has 0 saturated heterocycles. The molecule has 0 radical (unpaired) electrons. The maximum absolute atomic E-state index is 10.7. The van der Waals surface area contributed by atoms with E-state index in [9.17, 15) is 4.79 Å². The van der Waals surface area contributed by atoms with Crippen LogP contribution in [0.25, 0.3) is 0 Å². The largest absolute Gasteiger partial charge is 0.478 e. The van der Waals surface area contributed by atoms with E-state index in [0.717, 1.165) is 12.4 Å². The highest BCUT2D eigenvalue weighted by Gasteiger charge is 2.12. The highest BCUT2D eigenvalue weighted by Crippen LogP contribution is 2.14. The Morgan fingerprint density at radius 2 is 2.24 bits per heavy atom. The van der Waals surface area contributed by atoms with Crippen molar-refractivity contribution in [3.05, 3.63) is 23.9 Å². The summed E-state index contributed by atoms with van der Waals surface area (Å²) < 4.78 is 5.04. The molecule has 1 rings (SSSR count). The van der Waals surface area contributed by atoms with Crippen molar-refractivity contribution in [2.75, 3.05) is 25.2 Å². The molecule has 5 heteroatoms. The van der Waals surface area contributed by atoms with Gasteiger partial charge < -0.3 is 14.7 Å². The lowest BCUT2D eigenvalue weighted by atomic mass is 10.2. The molecule has 94 valence electrons. The first-order chi connectivity index (χ1) is 8.06. The van der Waals surface area contributed by atoms with E-state index < -0.39 is 5.97 Å². The number of hydrogen-bond acceptors (Lipinski definition) is 4. The van der Waals surface area contributed by atoms with E-state index in [0.29, 0.717) is 6.61 Å². The molecule has 0 aromatic carbocycles. The van der Waals surface area contributed by atoms with Gasteiger partial charge in [0.1, 0.15) is 5.82 Å². The Morgan fingerprint density at radius 1 is 1.53 bits per heavy atom. The lowest BCUT2D eigenvalue weighted by Gasteiger charge is -2.27. The lowest BCUT2D eigenvalue weighted by Crippen LogP contribution is -2.34. The van der Waals surface area contributed by atoms with E-state index in [1.807, 2.05) is 0 Å². The second-order valence-electron chi connectivity index (χ2n) is 3.99. The summed E-state index contributed by atoms with van der Waals surface area (Å²) in [5, 5.41) is 8.79. The van der Waals surface area contributed by atoms with Crippen molar-refractivity contribution in [1.29, 1.82) is 0 Å². The molecular formula is C12H18N2O3. The fourth-order valence-corrected chi connectivity index (χ4v) is 1.51. The van der Waals surface area contributed by atoms with E-state index >= 15 is 0 Å². The summed E-state index contributed by atoms with van der Waals surface area (Å²) in [5.74, 6) is -0.195. The molecule has 1 heterocycles. The van der Waals surface area contributed by atoms with E-state index in [-0.39, 0.29) is 11.6 Å². The SMILES string of the molecule is COCCN(c1ccc(C(=O)O)cn1)C(C)C. The Bertz CT molecular complexity index is 363. The van der Waals surface area contributed by atoms with Gasteiger partial charge in [0.25, 0.3) is 0 Å². The second-order valence-corrected chi connectivity index (χ2v) is 3.99. The minimum absolute atomic E-state index is 0.198. The number of methoxy groups -OCH3 is 1.